The smallest absolute Gasteiger partial charge is 0.377 e. The molecule has 0 unspecified atom stereocenters. The van der Waals surface area contributed by atoms with Crippen molar-refractivity contribution in [1.29, 1.82) is 0 Å². The van der Waals surface area contributed by atoms with E-state index in [0.717, 1.165) is 28.4 Å². The number of thiazole rings is 1. The number of aromatic nitrogens is 5. The second-order valence-corrected chi connectivity index (χ2v) is 8.96. The molecule has 9 nitrogen and oxygen atoms in total. The summed E-state index contributed by atoms with van der Waals surface area (Å²) in [5, 5.41) is 20.9. The maximum absolute atomic E-state index is 14.4. The maximum atomic E-state index is 14.4. The van der Waals surface area contributed by atoms with E-state index in [2.05, 4.69) is 20.3 Å². The average Bonchev–Trinajstić information content (AvgIpc) is 3.56. The Kier molecular flexibility index (Phi) is 6.54. The Balaban J connectivity index is 1.39. The lowest BCUT2D eigenvalue weighted by molar-refractivity contribution is 0.0683. The fourth-order valence-corrected chi connectivity index (χ4v) is 4.70. The second kappa shape index (κ2) is 10.1. The third-order valence-corrected chi connectivity index (χ3v) is 6.74. The molecule has 5 rings (SSSR count). The van der Waals surface area contributed by atoms with Gasteiger partial charge in [-0.05, 0) is 59.2 Å². The molecule has 182 valence electrons. The van der Waals surface area contributed by atoms with E-state index < -0.39 is 5.97 Å². The van der Waals surface area contributed by atoms with Gasteiger partial charge in [0, 0.05) is 13.1 Å². The van der Waals surface area contributed by atoms with E-state index in [0.29, 0.717) is 29.0 Å². The van der Waals surface area contributed by atoms with Crippen molar-refractivity contribution >= 4 is 32.7 Å². The molecule has 3 aromatic carbocycles. The molecule has 0 saturated carbocycles. The lowest BCUT2D eigenvalue weighted by Crippen LogP contribution is -2.25. The van der Waals surface area contributed by atoms with E-state index in [4.69, 9.17) is 14.8 Å². The fourth-order valence-electron chi connectivity index (χ4n) is 3.70. The van der Waals surface area contributed by atoms with Gasteiger partial charge in [0.25, 0.3) is 5.82 Å². The zero-order valence-electron chi connectivity index (χ0n) is 19.2. The molecule has 36 heavy (non-hydrogen) atoms. The quantitative estimate of drug-likeness (QED) is 0.316. The van der Waals surface area contributed by atoms with Crippen LogP contribution in [0.25, 0.3) is 15.9 Å². The molecule has 0 fully saturated rings. The summed E-state index contributed by atoms with van der Waals surface area (Å²) in [6, 6.07) is 20.2. The van der Waals surface area contributed by atoms with Crippen LogP contribution in [0.4, 0.5) is 9.52 Å². The first kappa shape index (κ1) is 23.4. The highest BCUT2D eigenvalue weighted by molar-refractivity contribution is 7.22. The van der Waals surface area contributed by atoms with Gasteiger partial charge in [-0.1, -0.05) is 41.7 Å². The molecule has 0 aliphatic carbocycles. The van der Waals surface area contributed by atoms with Gasteiger partial charge in [0.2, 0.25) is 0 Å². The monoisotopic (exact) mass is 504 g/mol. The van der Waals surface area contributed by atoms with Crippen molar-refractivity contribution in [3.8, 4) is 11.4 Å². The number of ether oxygens (including phenoxy) is 1. The number of rotatable bonds is 9. The maximum Gasteiger partial charge on any atom is 0.377 e. The Morgan fingerprint density at radius 1 is 1.08 bits per heavy atom. The Bertz CT molecular complexity index is 1500. The van der Waals surface area contributed by atoms with Gasteiger partial charge in [-0.3, -0.25) is 0 Å². The van der Waals surface area contributed by atoms with Crippen molar-refractivity contribution in [2.45, 2.75) is 13.0 Å². The molecule has 2 heterocycles. The first-order valence-electron chi connectivity index (χ1n) is 11.1. The van der Waals surface area contributed by atoms with E-state index in [1.165, 1.54) is 22.2 Å². The minimum atomic E-state index is -1.24. The second-order valence-electron chi connectivity index (χ2n) is 7.98. The number of carboxylic acids is 1. The average molecular weight is 505 g/mol. The number of tetrazole rings is 1. The van der Waals surface area contributed by atoms with Crippen molar-refractivity contribution < 1.29 is 19.0 Å². The van der Waals surface area contributed by atoms with Gasteiger partial charge >= 0.3 is 5.97 Å². The van der Waals surface area contributed by atoms with E-state index in [1.54, 1.807) is 25.3 Å². The van der Waals surface area contributed by atoms with Crippen molar-refractivity contribution in [1.82, 2.24) is 25.2 Å². The molecule has 0 spiro atoms. The molecule has 0 aliphatic rings. The zero-order valence-corrected chi connectivity index (χ0v) is 20.0. The molecule has 0 aliphatic heterocycles. The van der Waals surface area contributed by atoms with Crippen molar-refractivity contribution in [2.75, 3.05) is 18.6 Å². The van der Waals surface area contributed by atoms with E-state index in [-0.39, 0.29) is 11.6 Å². The number of halogens is 1. The van der Waals surface area contributed by atoms with E-state index >= 15 is 0 Å². The summed E-state index contributed by atoms with van der Waals surface area (Å²) >= 11 is 1.33. The topological polar surface area (TPSA) is 106 Å². The first-order valence-corrected chi connectivity index (χ1v) is 11.9. The third kappa shape index (κ3) is 5.01. The number of hydrogen-bond donors (Lipinski definition) is 1. The highest BCUT2D eigenvalue weighted by Gasteiger charge is 2.16. The van der Waals surface area contributed by atoms with Crippen LogP contribution in [0.5, 0.6) is 5.75 Å². The van der Waals surface area contributed by atoms with E-state index in [1.807, 2.05) is 42.5 Å². The summed E-state index contributed by atoms with van der Waals surface area (Å²) in [7, 11) is 1.64. The van der Waals surface area contributed by atoms with Crippen LogP contribution in [0.15, 0.2) is 66.7 Å². The minimum Gasteiger partial charge on any atom is -0.497 e. The minimum absolute atomic E-state index is 0.281. The molecule has 0 bridgehead atoms. The summed E-state index contributed by atoms with van der Waals surface area (Å²) < 4.78 is 20.1. The van der Waals surface area contributed by atoms with Gasteiger partial charge in [0.15, 0.2) is 5.13 Å². The summed E-state index contributed by atoms with van der Waals surface area (Å²) in [5.74, 6) is -1.09. The lowest BCUT2D eigenvalue weighted by Gasteiger charge is -2.22. The van der Waals surface area contributed by atoms with Crippen molar-refractivity contribution in [3.63, 3.8) is 0 Å². The van der Waals surface area contributed by atoms with Crippen molar-refractivity contribution in [3.05, 3.63) is 89.5 Å². The molecule has 11 heteroatoms. The predicted molar refractivity (Wildman–Crippen MR) is 133 cm³/mol. The number of carbonyl (C=O) groups is 1. The summed E-state index contributed by atoms with van der Waals surface area (Å²) in [6.07, 6.45) is 0.765. The zero-order chi connectivity index (χ0) is 25.1. The van der Waals surface area contributed by atoms with Gasteiger partial charge in [0.05, 0.1) is 23.0 Å². The number of carboxylic acid groups (broad SMARTS) is 1. The summed E-state index contributed by atoms with van der Waals surface area (Å²) in [6.45, 7) is 1.21. The normalized spacial score (nSPS) is 11.1. The number of fused-ring (bicyclic) bond motifs is 1. The van der Waals surface area contributed by atoms with Crippen molar-refractivity contribution in [2.24, 2.45) is 0 Å². The lowest BCUT2D eigenvalue weighted by atomic mass is 10.1. The Hall–Kier alpha value is -4.38. The molecule has 0 saturated heterocycles. The van der Waals surface area contributed by atoms with Crippen LogP contribution in [-0.2, 0) is 13.0 Å². The number of anilines is 1. The van der Waals surface area contributed by atoms with Gasteiger partial charge in [-0.15, -0.1) is 15.0 Å². The number of aromatic carboxylic acids is 1. The molecular weight excluding hydrogens is 483 g/mol. The van der Waals surface area contributed by atoms with Gasteiger partial charge in [-0.2, -0.15) is 0 Å². The summed E-state index contributed by atoms with van der Waals surface area (Å²) in [5.41, 5.74) is 3.36. The molecule has 5 aromatic rings. The van der Waals surface area contributed by atoms with Crippen LogP contribution in [0.1, 0.15) is 21.7 Å². The van der Waals surface area contributed by atoms with Crippen LogP contribution in [0, 0.1) is 5.82 Å². The number of methoxy groups -OCH3 is 1. The fraction of sp³-hybridized carbons (Fsp3) is 0.160. The molecular formula is C25H21FN6O3S. The third-order valence-electron chi connectivity index (χ3n) is 5.60. The summed E-state index contributed by atoms with van der Waals surface area (Å²) in [4.78, 5) is 19.0. The Labute approximate surface area is 209 Å². The largest absolute Gasteiger partial charge is 0.497 e. The van der Waals surface area contributed by atoms with E-state index in [9.17, 15) is 9.18 Å². The molecule has 2 aromatic heterocycles. The highest BCUT2D eigenvalue weighted by atomic mass is 32.1. The standard InChI is InChI=1S/C25H21FN6O3S/c1-35-19-11-7-16(8-12-19)13-14-31(25-27-21-4-2-3-20(26)22(21)36-25)15-17-5-9-18(10-6-17)32-29-23(24(33)34)28-30-32/h2-12H,13-15H2,1H3,(H,33,34). The molecule has 0 radical (unpaired) electrons. The Morgan fingerprint density at radius 3 is 2.50 bits per heavy atom. The van der Waals surface area contributed by atoms with Gasteiger partial charge in [0.1, 0.15) is 11.6 Å². The molecule has 1 N–H and O–H groups in total. The van der Waals surface area contributed by atoms with Gasteiger partial charge < -0.3 is 14.7 Å². The predicted octanol–water partition coefficient (Wildman–Crippen LogP) is 4.37. The number of hydrogen-bond acceptors (Lipinski definition) is 8. The number of benzene rings is 3. The Morgan fingerprint density at radius 2 is 1.83 bits per heavy atom. The molecule has 0 atom stereocenters. The van der Waals surface area contributed by atoms with Crippen LogP contribution in [-0.4, -0.2) is 49.9 Å². The van der Waals surface area contributed by atoms with Crippen LogP contribution >= 0.6 is 11.3 Å². The van der Waals surface area contributed by atoms with Crippen LogP contribution in [0.3, 0.4) is 0 Å². The SMILES string of the molecule is COc1ccc(CCN(Cc2ccc(-n3nnc(C(=O)O)n3)cc2)c2nc3cccc(F)c3s2)cc1. The first-order chi connectivity index (χ1) is 17.5. The highest BCUT2D eigenvalue weighted by Crippen LogP contribution is 2.32. The molecule has 0 amide bonds. The number of nitrogens with zero attached hydrogens (tertiary/aromatic N) is 6. The van der Waals surface area contributed by atoms with Crippen LogP contribution < -0.4 is 9.64 Å². The van der Waals surface area contributed by atoms with Gasteiger partial charge in [-0.25, -0.2) is 14.2 Å². The van der Waals surface area contributed by atoms with Crippen LogP contribution in [0.2, 0.25) is 0 Å².